The van der Waals surface area contributed by atoms with Crippen molar-refractivity contribution in [2.24, 2.45) is 5.92 Å². The summed E-state index contributed by atoms with van der Waals surface area (Å²) in [6.07, 6.45) is 0. The highest BCUT2D eigenvalue weighted by Gasteiger charge is 2.07. The average Bonchev–Trinajstić information content (AvgIpc) is 2.05. The standard InChI is InChI=1S/C10H22N2O/c1-5-12(6-2)10(13)8-11-7-9(3)4/h9,11H,5-8H2,1-4H3. The van der Waals surface area contributed by atoms with Crippen LogP contribution in [0, 0.1) is 5.92 Å². The lowest BCUT2D eigenvalue weighted by Crippen LogP contribution is -2.38. The zero-order valence-corrected chi connectivity index (χ0v) is 9.26. The van der Waals surface area contributed by atoms with Gasteiger partial charge in [0.2, 0.25) is 5.91 Å². The summed E-state index contributed by atoms with van der Waals surface area (Å²) >= 11 is 0. The van der Waals surface area contributed by atoms with Crippen molar-refractivity contribution in [2.45, 2.75) is 27.7 Å². The number of carbonyl (C=O) groups excluding carboxylic acids is 1. The largest absolute Gasteiger partial charge is 0.342 e. The van der Waals surface area contributed by atoms with E-state index >= 15 is 0 Å². The van der Waals surface area contributed by atoms with Crippen LogP contribution in [-0.4, -0.2) is 37.0 Å². The van der Waals surface area contributed by atoms with E-state index in [1.54, 1.807) is 0 Å². The summed E-state index contributed by atoms with van der Waals surface area (Å²) < 4.78 is 0. The molecular formula is C10H22N2O. The molecule has 0 aromatic rings. The van der Waals surface area contributed by atoms with Crippen LogP contribution in [0.25, 0.3) is 0 Å². The van der Waals surface area contributed by atoms with E-state index in [-0.39, 0.29) is 5.91 Å². The van der Waals surface area contributed by atoms with Crippen molar-refractivity contribution >= 4 is 5.91 Å². The second-order valence-electron chi connectivity index (χ2n) is 3.59. The van der Waals surface area contributed by atoms with Crippen molar-refractivity contribution in [1.29, 1.82) is 0 Å². The molecule has 0 unspecified atom stereocenters. The molecule has 78 valence electrons. The molecule has 1 amide bonds. The minimum atomic E-state index is 0.200. The number of nitrogens with zero attached hydrogens (tertiary/aromatic N) is 1. The second-order valence-corrected chi connectivity index (χ2v) is 3.59. The summed E-state index contributed by atoms with van der Waals surface area (Å²) in [4.78, 5) is 13.3. The highest BCUT2D eigenvalue weighted by atomic mass is 16.2. The molecule has 0 saturated heterocycles. The third kappa shape index (κ3) is 5.64. The molecule has 0 fully saturated rings. The molecule has 0 aromatic carbocycles. The fraction of sp³-hybridized carbons (Fsp3) is 0.900. The van der Waals surface area contributed by atoms with E-state index in [1.807, 2.05) is 18.7 Å². The predicted octanol–water partition coefficient (Wildman–Crippen LogP) is 1.10. The first-order valence-corrected chi connectivity index (χ1v) is 5.10. The maximum absolute atomic E-state index is 11.5. The Bertz CT molecular complexity index is 142. The van der Waals surface area contributed by atoms with Gasteiger partial charge in [0.05, 0.1) is 6.54 Å². The smallest absolute Gasteiger partial charge is 0.236 e. The lowest BCUT2D eigenvalue weighted by Gasteiger charge is -2.19. The van der Waals surface area contributed by atoms with Crippen molar-refractivity contribution in [3.8, 4) is 0 Å². The Labute approximate surface area is 81.5 Å². The third-order valence-corrected chi connectivity index (χ3v) is 1.94. The molecule has 0 aromatic heterocycles. The van der Waals surface area contributed by atoms with Crippen LogP contribution in [0.2, 0.25) is 0 Å². The van der Waals surface area contributed by atoms with Gasteiger partial charge in [0.1, 0.15) is 0 Å². The molecule has 3 nitrogen and oxygen atoms in total. The van der Waals surface area contributed by atoms with Gasteiger partial charge in [0.25, 0.3) is 0 Å². The zero-order valence-electron chi connectivity index (χ0n) is 9.26. The van der Waals surface area contributed by atoms with Crippen molar-refractivity contribution in [3.63, 3.8) is 0 Å². The van der Waals surface area contributed by atoms with Gasteiger partial charge in [-0.2, -0.15) is 0 Å². The van der Waals surface area contributed by atoms with E-state index in [9.17, 15) is 4.79 Å². The zero-order chi connectivity index (χ0) is 10.3. The summed E-state index contributed by atoms with van der Waals surface area (Å²) in [5.74, 6) is 0.801. The van der Waals surface area contributed by atoms with Gasteiger partial charge in [-0.05, 0) is 26.3 Å². The Balaban J connectivity index is 3.60. The van der Waals surface area contributed by atoms with E-state index < -0.39 is 0 Å². The second kappa shape index (κ2) is 6.89. The number of amides is 1. The summed E-state index contributed by atoms with van der Waals surface area (Å²) in [5.41, 5.74) is 0. The van der Waals surface area contributed by atoms with Gasteiger partial charge < -0.3 is 10.2 Å². The number of rotatable bonds is 6. The number of nitrogens with one attached hydrogen (secondary N) is 1. The minimum absolute atomic E-state index is 0.200. The summed E-state index contributed by atoms with van der Waals surface area (Å²) in [6.45, 7) is 11.3. The molecule has 0 rings (SSSR count). The highest BCUT2D eigenvalue weighted by Crippen LogP contribution is 1.89. The molecule has 13 heavy (non-hydrogen) atoms. The Morgan fingerprint density at radius 2 is 1.85 bits per heavy atom. The van der Waals surface area contributed by atoms with Crippen LogP contribution in [0.3, 0.4) is 0 Å². The van der Waals surface area contributed by atoms with Gasteiger partial charge in [-0.25, -0.2) is 0 Å². The first-order chi connectivity index (χ1) is 6.11. The quantitative estimate of drug-likeness (QED) is 0.673. The van der Waals surface area contributed by atoms with Gasteiger partial charge >= 0.3 is 0 Å². The van der Waals surface area contributed by atoms with Crippen LogP contribution >= 0.6 is 0 Å². The maximum atomic E-state index is 11.5. The van der Waals surface area contributed by atoms with Crippen molar-refractivity contribution in [2.75, 3.05) is 26.2 Å². The first-order valence-electron chi connectivity index (χ1n) is 5.10. The van der Waals surface area contributed by atoms with Crippen LogP contribution in [-0.2, 0) is 4.79 Å². The van der Waals surface area contributed by atoms with Crippen LogP contribution in [0.1, 0.15) is 27.7 Å². The van der Waals surface area contributed by atoms with Gasteiger partial charge in [-0.1, -0.05) is 13.8 Å². The normalized spacial score (nSPS) is 10.5. The van der Waals surface area contributed by atoms with Crippen LogP contribution < -0.4 is 5.32 Å². The highest BCUT2D eigenvalue weighted by molar-refractivity contribution is 5.78. The van der Waals surface area contributed by atoms with Crippen LogP contribution in [0.4, 0.5) is 0 Å². The third-order valence-electron chi connectivity index (χ3n) is 1.94. The fourth-order valence-corrected chi connectivity index (χ4v) is 1.16. The monoisotopic (exact) mass is 186 g/mol. The van der Waals surface area contributed by atoms with E-state index in [2.05, 4.69) is 19.2 Å². The molecule has 0 radical (unpaired) electrons. The number of hydrogen-bond donors (Lipinski definition) is 1. The predicted molar refractivity (Wildman–Crippen MR) is 55.6 cm³/mol. The molecular weight excluding hydrogens is 164 g/mol. The SMILES string of the molecule is CCN(CC)C(=O)CNCC(C)C. The summed E-state index contributed by atoms with van der Waals surface area (Å²) in [6, 6.07) is 0. The lowest BCUT2D eigenvalue weighted by molar-refractivity contribution is -0.129. The Kier molecular flexibility index (Phi) is 6.59. The van der Waals surface area contributed by atoms with E-state index in [1.165, 1.54) is 0 Å². The molecule has 0 spiro atoms. The molecule has 0 bridgehead atoms. The topological polar surface area (TPSA) is 32.3 Å². The Morgan fingerprint density at radius 3 is 2.23 bits per heavy atom. The van der Waals surface area contributed by atoms with Crippen molar-refractivity contribution in [1.82, 2.24) is 10.2 Å². The average molecular weight is 186 g/mol. The Morgan fingerprint density at radius 1 is 1.31 bits per heavy atom. The van der Waals surface area contributed by atoms with Gasteiger partial charge in [0, 0.05) is 13.1 Å². The number of likely N-dealkylation sites (N-methyl/N-ethyl adjacent to an activating group) is 1. The first kappa shape index (κ1) is 12.4. The van der Waals surface area contributed by atoms with E-state index in [4.69, 9.17) is 0 Å². The fourth-order valence-electron chi connectivity index (χ4n) is 1.16. The molecule has 0 atom stereocenters. The number of hydrogen-bond acceptors (Lipinski definition) is 2. The summed E-state index contributed by atoms with van der Waals surface area (Å²) in [7, 11) is 0. The molecule has 0 saturated carbocycles. The minimum Gasteiger partial charge on any atom is -0.342 e. The molecule has 3 heteroatoms. The number of carbonyl (C=O) groups is 1. The van der Waals surface area contributed by atoms with E-state index in [0.717, 1.165) is 19.6 Å². The van der Waals surface area contributed by atoms with Crippen LogP contribution in [0.15, 0.2) is 0 Å². The Hall–Kier alpha value is -0.570. The maximum Gasteiger partial charge on any atom is 0.236 e. The van der Waals surface area contributed by atoms with Gasteiger partial charge in [-0.3, -0.25) is 4.79 Å². The van der Waals surface area contributed by atoms with E-state index in [0.29, 0.717) is 12.5 Å². The lowest BCUT2D eigenvalue weighted by atomic mass is 10.2. The summed E-state index contributed by atoms with van der Waals surface area (Å²) in [5, 5.41) is 3.14. The molecule has 0 aliphatic rings. The molecule has 0 aliphatic carbocycles. The van der Waals surface area contributed by atoms with Crippen molar-refractivity contribution < 1.29 is 4.79 Å². The van der Waals surface area contributed by atoms with Crippen LogP contribution in [0.5, 0.6) is 0 Å². The molecule has 0 aliphatic heterocycles. The van der Waals surface area contributed by atoms with Gasteiger partial charge in [0.15, 0.2) is 0 Å². The van der Waals surface area contributed by atoms with Gasteiger partial charge in [-0.15, -0.1) is 0 Å². The molecule has 0 heterocycles. The van der Waals surface area contributed by atoms with Crippen molar-refractivity contribution in [3.05, 3.63) is 0 Å². The molecule has 1 N–H and O–H groups in total.